The van der Waals surface area contributed by atoms with Crippen LogP contribution in [-0.4, -0.2) is 4.98 Å². The largest absolute Gasteiger partial charge is 0.323 e. The molecule has 90 valence electrons. The van der Waals surface area contributed by atoms with Crippen LogP contribution in [0.2, 0.25) is 10.0 Å². The molecule has 2 aromatic rings. The van der Waals surface area contributed by atoms with Crippen LogP contribution >= 0.6 is 23.2 Å². The van der Waals surface area contributed by atoms with Gasteiger partial charge in [0, 0.05) is 16.1 Å². The van der Waals surface area contributed by atoms with Crippen LogP contribution in [0.3, 0.4) is 0 Å². The van der Waals surface area contributed by atoms with E-state index in [2.05, 4.69) is 17.3 Å². The molecule has 0 aliphatic heterocycles. The number of hydrazine groups is 1. The lowest BCUT2D eigenvalue weighted by Gasteiger charge is -2.14. The number of nitrogens with zero attached hydrogens (tertiary/aromatic N) is 1. The SMILES string of the molecule is CCc1c(C)nc2cc(Cl)cc(Cl)c2c1NN. The second kappa shape index (κ2) is 4.69. The van der Waals surface area contributed by atoms with Gasteiger partial charge in [-0.3, -0.25) is 10.8 Å². The number of hydrogen-bond donors (Lipinski definition) is 2. The summed E-state index contributed by atoms with van der Waals surface area (Å²) in [6.45, 7) is 4.01. The summed E-state index contributed by atoms with van der Waals surface area (Å²) in [6.07, 6.45) is 0.841. The van der Waals surface area contributed by atoms with Crippen LogP contribution in [0.15, 0.2) is 12.1 Å². The summed E-state index contributed by atoms with van der Waals surface area (Å²) >= 11 is 12.2. The van der Waals surface area contributed by atoms with Crippen molar-refractivity contribution in [1.82, 2.24) is 4.98 Å². The molecule has 1 aromatic carbocycles. The van der Waals surface area contributed by atoms with Gasteiger partial charge in [-0.2, -0.15) is 0 Å². The van der Waals surface area contributed by atoms with Gasteiger partial charge in [-0.05, 0) is 31.0 Å². The van der Waals surface area contributed by atoms with Crippen LogP contribution in [0.25, 0.3) is 10.9 Å². The Morgan fingerprint density at radius 3 is 2.65 bits per heavy atom. The van der Waals surface area contributed by atoms with Crippen molar-refractivity contribution in [3.8, 4) is 0 Å². The fourth-order valence-corrected chi connectivity index (χ4v) is 2.64. The standard InChI is InChI=1S/C12H13Cl2N3/c1-3-8-6(2)16-10-5-7(13)4-9(14)11(10)12(8)17-15/h4-5H,3,15H2,1-2H3,(H,16,17). The van der Waals surface area contributed by atoms with E-state index in [1.807, 2.05) is 6.92 Å². The number of benzene rings is 1. The Labute approximate surface area is 110 Å². The highest BCUT2D eigenvalue weighted by molar-refractivity contribution is 6.39. The number of fused-ring (bicyclic) bond motifs is 1. The number of aromatic nitrogens is 1. The summed E-state index contributed by atoms with van der Waals surface area (Å²) in [5.41, 5.74) is 6.32. The van der Waals surface area contributed by atoms with Gasteiger partial charge in [0.2, 0.25) is 0 Å². The van der Waals surface area contributed by atoms with Crippen LogP contribution < -0.4 is 11.3 Å². The van der Waals surface area contributed by atoms with Gasteiger partial charge in [0.25, 0.3) is 0 Å². The van der Waals surface area contributed by atoms with Crippen molar-refractivity contribution in [3.05, 3.63) is 33.4 Å². The molecule has 17 heavy (non-hydrogen) atoms. The average Bonchev–Trinajstić information content (AvgIpc) is 2.26. The number of nitrogens with two attached hydrogens (primary N) is 1. The normalized spacial score (nSPS) is 10.9. The molecule has 0 amide bonds. The maximum absolute atomic E-state index is 6.21. The molecule has 1 aromatic heterocycles. The fraction of sp³-hybridized carbons (Fsp3) is 0.250. The highest BCUT2D eigenvalue weighted by Crippen LogP contribution is 2.35. The predicted molar refractivity (Wildman–Crippen MR) is 73.7 cm³/mol. The summed E-state index contributed by atoms with van der Waals surface area (Å²) in [5, 5.41) is 1.95. The van der Waals surface area contributed by atoms with Crippen molar-refractivity contribution < 1.29 is 0 Å². The van der Waals surface area contributed by atoms with Crippen molar-refractivity contribution in [2.45, 2.75) is 20.3 Å². The Morgan fingerprint density at radius 1 is 1.35 bits per heavy atom. The molecule has 5 heteroatoms. The summed E-state index contributed by atoms with van der Waals surface area (Å²) in [6, 6.07) is 3.48. The van der Waals surface area contributed by atoms with E-state index in [0.717, 1.165) is 34.3 Å². The lowest BCUT2D eigenvalue weighted by atomic mass is 10.0. The summed E-state index contributed by atoms with van der Waals surface area (Å²) < 4.78 is 0. The Hall–Kier alpha value is -1.03. The molecule has 0 spiro atoms. The molecular weight excluding hydrogens is 257 g/mol. The minimum Gasteiger partial charge on any atom is -0.323 e. The van der Waals surface area contributed by atoms with Gasteiger partial charge in [-0.25, -0.2) is 0 Å². The Balaban J connectivity index is 2.94. The fourth-order valence-electron chi connectivity index (χ4n) is 2.07. The summed E-state index contributed by atoms with van der Waals surface area (Å²) in [5.74, 6) is 5.60. The molecule has 2 rings (SSSR count). The Bertz CT molecular complexity index is 582. The first-order chi connectivity index (χ1) is 8.08. The van der Waals surface area contributed by atoms with Crippen LogP contribution in [0.5, 0.6) is 0 Å². The molecule has 0 unspecified atom stereocenters. The number of halogens is 2. The number of nitrogen functional groups attached to an aromatic ring is 1. The van der Waals surface area contributed by atoms with Gasteiger partial charge in [0.1, 0.15) is 0 Å². The quantitative estimate of drug-likeness (QED) is 0.646. The average molecular weight is 270 g/mol. The van der Waals surface area contributed by atoms with Gasteiger partial charge in [-0.1, -0.05) is 30.1 Å². The van der Waals surface area contributed by atoms with E-state index in [-0.39, 0.29) is 0 Å². The van der Waals surface area contributed by atoms with Crippen molar-refractivity contribution in [3.63, 3.8) is 0 Å². The Kier molecular flexibility index (Phi) is 3.43. The molecular formula is C12H13Cl2N3. The van der Waals surface area contributed by atoms with E-state index in [1.165, 1.54) is 0 Å². The molecule has 0 fully saturated rings. The second-order valence-corrected chi connectivity index (χ2v) is 4.67. The molecule has 1 heterocycles. The number of pyridine rings is 1. The van der Waals surface area contributed by atoms with E-state index in [4.69, 9.17) is 29.0 Å². The first-order valence-corrected chi connectivity index (χ1v) is 6.09. The summed E-state index contributed by atoms with van der Waals surface area (Å²) in [7, 11) is 0. The highest BCUT2D eigenvalue weighted by atomic mass is 35.5. The van der Waals surface area contributed by atoms with Crippen molar-refractivity contribution in [1.29, 1.82) is 0 Å². The Morgan fingerprint density at radius 2 is 2.06 bits per heavy atom. The lowest BCUT2D eigenvalue weighted by Crippen LogP contribution is -2.11. The molecule has 3 N–H and O–H groups in total. The number of hydrogen-bond acceptors (Lipinski definition) is 3. The van der Waals surface area contributed by atoms with E-state index in [1.54, 1.807) is 12.1 Å². The topological polar surface area (TPSA) is 50.9 Å². The third-order valence-corrected chi connectivity index (χ3v) is 3.33. The van der Waals surface area contributed by atoms with E-state index < -0.39 is 0 Å². The van der Waals surface area contributed by atoms with Crippen molar-refractivity contribution >= 4 is 39.8 Å². The molecule has 0 bridgehead atoms. The molecule has 0 saturated heterocycles. The maximum Gasteiger partial charge on any atom is 0.0756 e. The molecule has 0 atom stereocenters. The third-order valence-electron chi connectivity index (χ3n) is 2.81. The van der Waals surface area contributed by atoms with Crippen molar-refractivity contribution in [2.24, 2.45) is 5.84 Å². The van der Waals surface area contributed by atoms with Crippen LogP contribution in [0.1, 0.15) is 18.2 Å². The molecule has 0 aliphatic rings. The predicted octanol–water partition coefficient (Wildman–Crippen LogP) is 3.70. The zero-order valence-electron chi connectivity index (χ0n) is 9.64. The molecule has 0 aliphatic carbocycles. The molecule has 0 saturated carbocycles. The first-order valence-electron chi connectivity index (χ1n) is 5.33. The van der Waals surface area contributed by atoms with E-state index >= 15 is 0 Å². The minimum absolute atomic E-state index is 0.558. The molecule has 3 nitrogen and oxygen atoms in total. The highest BCUT2D eigenvalue weighted by Gasteiger charge is 2.13. The monoisotopic (exact) mass is 269 g/mol. The van der Waals surface area contributed by atoms with Gasteiger partial charge in [0.05, 0.1) is 16.2 Å². The van der Waals surface area contributed by atoms with Crippen molar-refractivity contribution in [2.75, 3.05) is 5.43 Å². The smallest absolute Gasteiger partial charge is 0.0756 e. The minimum atomic E-state index is 0.558. The van der Waals surface area contributed by atoms with Crippen LogP contribution in [0, 0.1) is 6.92 Å². The number of anilines is 1. The van der Waals surface area contributed by atoms with Gasteiger partial charge >= 0.3 is 0 Å². The lowest BCUT2D eigenvalue weighted by molar-refractivity contribution is 1.06. The van der Waals surface area contributed by atoms with Gasteiger partial charge < -0.3 is 5.43 Å². The van der Waals surface area contributed by atoms with Crippen LogP contribution in [0.4, 0.5) is 5.69 Å². The number of aryl methyl sites for hydroxylation is 1. The van der Waals surface area contributed by atoms with Gasteiger partial charge in [0.15, 0.2) is 0 Å². The third kappa shape index (κ3) is 2.06. The maximum atomic E-state index is 6.21. The number of nitrogens with one attached hydrogen (secondary N) is 1. The zero-order chi connectivity index (χ0) is 12.6. The summed E-state index contributed by atoms with van der Waals surface area (Å²) in [4.78, 5) is 4.51. The molecule has 0 radical (unpaired) electrons. The van der Waals surface area contributed by atoms with E-state index in [9.17, 15) is 0 Å². The van der Waals surface area contributed by atoms with Crippen LogP contribution in [-0.2, 0) is 6.42 Å². The zero-order valence-corrected chi connectivity index (χ0v) is 11.2. The second-order valence-electron chi connectivity index (χ2n) is 3.83. The first kappa shape index (κ1) is 12.4. The number of rotatable bonds is 2. The van der Waals surface area contributed by atoms with E-state index in [0.29, 0.717) is 10.0 Å². The van der Waals surface area contributed by atoms with Gasteiger partial charge in [-0.15, -0.1) is 0 Å².